The highest BCUT2D eigenvalue weighted by Gasteiger charge is 2.33. The first-order valence-electron chi connectivity index (χ1n) is 15.5. The van der Waals surface area contributed by atoms with Gasteiger partial charge < -0.3 is 19.7 Å². The van der Waals surface area contributed by atoms with Crippen molar-refractivity contribution in [2.45, 2.75) is 90.5 Å². The number of aromatic nitrogens is 4. The van der Waals surface area contributed by atoms with Crippen molar-refractivity contribution in [1.29, 1.82) is 0 Å². The summed E-state index contributed by atoms with van der Waals surface area (Å²) in [7, 11) is 0. The van der Waals surface area contributed by atoms with Gasteiger partial charge >= 0.3 is 12.2 Å². The van der Waals surface area contributed by atoms with Gasteiger partial charge in [0.2, 0.25) is 0 Å². The van der Waals surface area contributed by atoms with Gasteiger partial charge in [-0.05, 0) is 72.3 Å². The second kappa shape index (κ2) is 12.0. The number of benzene rings is 1. The summed E-state index contributed by atoms with van der Waals surface area (Å²) in [5, 5.41) is 11.1. The average Bonchev–Trinajstić information content (AvgIpc) is 3.33. The maximum absolute atomic E-state index is 13.9. The minimum Gasteiger partial charge on any atom is -0.444 e. The first-order chi connectivity index (χ1) is 21.3. The van der Waals surface area contributed by atoms with Gasteiger partial charge in [0.05, 0.1) is 12.7 Å². The number of carbonyl (C=O) groups excluding carboxylic acids is 2. The van der Waals surface area contributed by atoms with E-state index in [-0.39, 0.29) is 18.7 Å². The fraction of sp³-hybridized carbons (Fsp3) is 0.485. The molecule has 0 radical (unpaired) electrons. The van der Waals surface area contributed by atoms with Crippen LogP contribution in [0.2, 0.25) is 0 Å². The molecule has 0 bridgehead atoms. The summed E-state index contributed by atoms with van der Waals surface area (Å²) >= 11 is 1.58. The van der Waals surface area contributed by atoms with Crippen molar-refractivity contribution in [3.63, 3.8) is 0 Å². The summed E-state index contributed by atoms with van der Waals surface area (Å²) in [6.45, 7) is 12.5. The Morgan fingerprint density at radius 3 is 2.42 bits per heavy atom. The maximum Gasteiger partial charge on any atom is 0.416 e. The molecule has 2 fully saturated rings. The fourth-order valence-corrected chi connectivity index (χ4v) is 5.99. The average molecular weight is 632 g/mol. The highest BCUT2D eigenvalue weighted by Crippen LogP contribution is 2.42. The third-order valence-electron chi connectivity index (χ3n) is 7.55. The van der Waals surface area contributed by atoms with Gasteiger partial charge in [0, 0.05) is 47.9 Å². The molecule has 2 amide bonds. The summed E-state index contributed by atoms with van der Waals surface area (Å²) < 4.78 is 13.3. The molecule has 12 heteroatoms. The molecule has 3 aromatic heterocycles. The molecule has 238 valence electrons. The van der Waals surface area contributed by atoms with Gasteiger partial charge in [0.1, 0.15) is 27.8 Å². The monoisotopic (exact) mass is 631 g/mol. The summed E-state index contributed by atoms with van der Waals surface area (Å²) in [6, 6.07) is 9.88. The lowest BCUT2D eigenvalue weighted by atomic mass is 10.1. The number of hydrogen-bond donors (Lipinski definition) is 1. The minimum atomic E-state index is -0.699. The van der Waals surface area contributed by atoms with Crippen LogP contribution in [-0.4, -0.2) is 67.0 Å². The predicted octanol–water partition coefficient (Wildman–Crippen LogP) is 7.09. The largest absolute Gasteiger partial charge is 0.444 e. The number of likely N-dealkylation sites (tertiary alicyclic amines) is 1. The molecule has 1 aliphatic carbocycles. The van der Waals surface area contributed by atoms with Crippen molar-refractivity contribution in [2.75, 3.05) is 23.3 Å². The second-order valence-electron chi connectivity index (χ2n) is 13.8. The van der Waals surface area contributed by atoms with Crippen LogP contribution >= 0.6 is 11.3 Å². The van der Waals surface area contributed by atoms with Crippen LogP contribution in [0.25, 0.3) is 16.2 Å². The van der Waals surface area contributed by atoms with Crippen molar-refractivity contribution in [3.8, 4) is 10.6 Å². The molecule has 0 unspecified atom stereocenters. The zero-order chi connectivity index (χ0) is 31.9. The zero-order valence-electron chi connectivity index (χ0n) is 26.7. The second-order valence-corrected chi connectivity index (χ2v) is 14.7. The van der Waals surface area contributed by atoms with Crippen molar-refractivity contribution in [3.05, 3.63) is 59.2 Å². The van der Waals surface area contributed by atoms with Gasteiger partial charge in [-0.2, -0.15) is 9.61 Å². The van der Waals surface area contributed by atoms with Gasteiger partial charge in [0.25, 0.3) is 0 Å². The Bertz CT molecular complexity index is 1670. The Labute approximate surface area is 267 Å². The number of nitrogens with zero attached hydrogens (tertiary/aromatic N) is 6. The van der Waals surface area contributed by atoms with Gasteiger partial charge in [-0.25, -0.2) is 19.6 Å². The molecule has 1 aliphatic heterocycles. The molecular formula is C33H41N7O4S. The molecule has 2 aliphatic rings. The van der Waals surface area contributed by atoms with E-state index in [0.29, 0.717) is 36.3 Å². The molecule has 6 rings (SSSR count). The SMILES string of the molecule is CC(C)(C)OC(=O)N1CC[C@H](Nc2cc(N(Cc3ccc(-c4nccs4)cc3)C(=O)OC(C)(C)C)n3ncc(C4CC4)c3n2)C1. The smallest absolute Gasteiger partial charge is 0.416 e. The minimum absolute atomic E-state index is 0.0269. The third kappa shape index (κ3) is 7.38. The molecule has 1 atom stereocenters. The van der Waals surface area contributed by atoms with Crippen molar-refractivity contribution >= 4 is 40.8 Å². The molecule has 1 N–H and O–H groups in total. The molecule has 1 saturated heterocycles. The highest BCUT2D eigenvalue weighted by atomic mass is 32.1. The number of amides is 2. The molecule has 45 heavy (non-hydrogen) atoms. The van der Waals surface area contributed by atoms with Gasteiger partial charge in [-0.3, -0.25) is 4.90 Å². The van der Waals surface area contributed by atoms with Crippen LogP contribution in [0.4, 0.5) is 21.2 Å². The van der Waals surface area contributed by atoms with E-state index >= 15 is 0 Å². The van der Waals surface area contributed by atoms with E-state index in [0.717, 1.165) is 41.0 Å². The standard InChI is InChI=1S/C33H41N7O4S/c1-32(2,3)43-30(41)38-15-13-24(20-38)36-26-17-27(40-28(37-26)25(18-35-40)22-11-12-22)39(31(42)44-33(4,5)6)19-21-7-9-23(10-8-21)29-34-14-16-45-29/h7-10,14,16-18,22,24H,11-13,15,19-20H2,1-6H3,(H,36,37)/t24-/m0/s1. The van der Waals surface area contributed by atoms with Gasteiger partial charge in [0.15, 0.2) is 5.65 Å². The molecule has 11 nitrogen and oxygen atoms in total. The number of nitrogens with one attached hydrogen (secondary N) is 1. The lowest BCUT2D eigenvalue weighted by molar-refractivity contribution is 0.0293. The van der Waals surface area contributed by atoms with E-state index in [9.17, 15) is 9.59 Å². The van der Waals surface area contributed by atoms with Crippen LogP contribution in [-0.2, 0) is 16.0 Å². The summed E-state index contributed by atoms with van der Waals surface area (Å²) in [5.41, 5.74) is 2.48. The first kappa shape index (κ1) is 30.8. The predicted molar refractivity (Wildman–Crippen MR) is 175 cm³/mol. The van der Waals surface area contributed by atoms with Crippen molar-refractivity contribution in [1.82, 2.24) is 24.5 Å². The topological polar surface area (TPSA) is 114 Å². The van der Waals surface area contributed by atoms with Crippen molar-refractivity contribution < 1.29 is 19.1 Å². The number of hydrogen-bond acceptors (Lipinski definition) is 9. The van der Waals surface area contributed by atoms with Crippen LogP contribution in [0.15, 0.2) is 48.1 Å². The van der Waals surface area contributed by atoms with Crippen LogP contribution in [0.5, 0.6) is 0 Å². The summed E-state index contributed by atoms with van der Waals surface area (Å²) in [6.07, 6.45) is 5.78. The Morgan fingerprint density at radius 2 is 1.78 bits per heavy atom. The summed E-state index contributed by atoms with van der Waals surface area (Å²) in [4.78, 5) is 39.3. The number of ether oxygens (including phenoxy) is 2. The number of carbonyl (C=O) groups is 2. The van der Waals surface area contributed by atoms with Crippen LogP contribution < -0.4 is 10.2 Å². The van der Waals surface area contributed by atoms with E-state index in [2.05, 4.69) is 10.3 Å². The lowest BCUT2D eigenvalue weighted by Crippen LogP contribution is -2.38. The Balaban J connectivity index is 1.33. The molecule has 4 heterocycles. The number of rotatable bonds is 7. The molecular weight excluding hydrogens is 590 g/mol. The molecule has 1 saturated carbocycles. The van der Waals surface area contributed by atoms with Crippen LogP contribution in [0.1, 0.15) is 77.8 Å². The molecule has 0 spiro atoms. The summed E-state index contributed by atoms with van der Waals surface area (Å²) in [5.74, 6) is 1.57. The quantitative estimate of drug-likeness (QED) is 0.230. The normalized spacial score (nSPS) is 17.0. The van der Waals surface area contributed by atoms with E-state index in [4.69, 9.17) is 19.6 Å². The lowest BCUT2D eigenvalue weighted by Gasteiger charge is -2.28. The number of thiazole rings is 1. The first-order valence-corrected chi connectivity index (χ1v) is 16.3. The Hall–Kier alpha value is -4.19. The Kier molecular flexibility index (Phi) is 8.19. The van der Waals surface area contributed by atoms with E-state index in [1.807, 2.05) is 83.5 Å². The molecule has 1 aromatic carbocycles. The molecule has 4 aromatic rings. The van der Waals surface area contributed by atoms with E-state index in [1.54, 1.807) is 31.8 Å². The third-order valence-corrected chi connectivity index (χ3v) is 8.38. The van der Waals surface area contributed by atoms with E-state index in [1.165, 1.54) is 0 Å². The zero-order valence-corrected chi connectivity index (χ0v) is 27.6. The van der Waals surface area contributed by atoms with Gasteiger partial charge in [-0.1, -0.05) is 24.3 Å². The Morgan fingerprint density at radius 1 is 1.04 bits per heavy atom. The van der Waals surface area contributed by atoms with Crippen LogP contribution in [0.3, 0.4) is 0 Å². The fourth-order valence-electron chi connectivity index (χ4n) is 5.35. The van der Waals surface area contributed by atoms with E-state index < -0.39 is 17.3 Å². The number of anilines is 2. The van der Waals surface area contributed by atoms with Crippen LogP contribution in [0, 0.1) is 0 Å². The number of fused-ring (bicyclic) bond motifs is 1. The van der Waals surface area contributed by atoms with Gasteiger partial charge in [-0.15, -0.1) is 11.3 Å². The van der Waals surface area contributed by atoms with Crippen molar-refractivity contribution in [2.24, 2.45) is 0 Å². The maximum atomic E-state index is 13.9. The highest BCUT2D eigenvalue weighted by molar-refractivity contribution is 7.13.